The molecule has 3 aromatic rings. The van der Waals surface area contributed by atoms with Crippen LogP contribution in [-0.2, 0) is 13.1 Å². The van der Waals surface area contributed by atoms with Gasteiger partial charge in [0.2, 0.25) is 5.13 Å². The summed E-state index contributed by atoms with van der Waals surface area (Å²) in [7, 11) is 0. The zero-order chi connectivity index (χ0) is 21.7. The summed E-state index contributed by atoms with van der Waals surface area (Å²) in [6.07, 6.45) is 0.622. The van der Waals surface area contributed by atoms with Gasteiger partial charge < -0.3 is 11.1 Å². The molecule has 0 saturated carbocycles. The van der Waals surface area contributed by atoms with Crippen LogP contribution in [0.15, 0.2) is 38.2 Å². The maximum atomic E-state index is 12.9. The van der Waals surface area contributed by atoms with Crippen LogP contribution in [0.5, 0.6) is 0 Å². The summed E-state index contributed by atoms with van der Waals surface area (Å²) < 4.78 is 14.7. The van der Waals surface area contributed by atoms with Crippen molar-refractivity contribution in [2.24, 2.45) is 0 Å². The Morgan fingerprint density at radius 1 is 1.30 bits per heavy atom. The van der Waals surface area contributed by atoms with Crippen LogP contribution in [0.2, 0.25) is 0 Å². The number of H-pyrrole nitrogens is 1. The van der Waals surface area contributed by atoms with Crippen molar-refractivity contribution in [3.05, 3.63) is 62.0 Å². The summed E-state index contributed by atoms with van der Waals surface area (Å²) in [5, 5.41) is 11.6. The van der Waals surface area contributed by atoms with Gasteiger partial charge in [0.05, 0.1) is 5.75 Å². The first-order valence-electron chi connectivity index (χ1n) is 8.99. The van der Waals surface area contributed by atoms with Gasteiger partial charge in [0.1, 0.15) is 17.2 Å². The monoisotopic (exact) mass is 450 g/mol. The zero-order valence-corrected chi connectivity index (χ0v) is 17.6. The molecule has 30 heavy (non-hydrogen) atoms. The molecule has 0 aliphatic carbocycles. The molecule has 0 aliphatic heterocycles. The number of nitrogen functional groups attached to an aromatic ring is 1. The highest BCUT2D eigenvalue weighted by Crippen LogP contribution is 2.26. The van der Waals surface area contributed by atoms with Crippen molar-refractivity contribution in [1.29, 1.82) is 0 Å². The van der Waals surface area contributed by atoms with E-state index >= 15 is 0 Å². The Morgan fingerprint density at radius 2 is 2.03 bits per heavy atom. The standard InChI is InChI=1S/C18H19FN6O3S2/c1-2-7-25-14(20)13(15(27)22-17(25)28)12(26)9-29-18-24-23-16(30-18)21-8-10-3-5-11(19)6-4-10/h3-6H,2,7-9,20H2,1H3,(H,21,23)(H,22,27,28). The number of aromatic amines is 1. The molecule has 158 valence electrons. The van der Waals surface area contributed by atoms with Gasteiger partial charge >= 0.3 is 5.69 Å². The number of halogens is 1. The highest BCUT2D eigenvalue weighted by Gasteiger charge is 2.20. The fourth-order valence-electron chi connectivity index (χ4n) is 2.62. The van der Waals surface area contributed by atoms with Gasteiger partial charge in [-0.25, -0.2) is 9.18 Å². The molecule has 0 aliphatic rings. The summed E-state index contributed by atoms with van der Waals surface area (Å²) in [4.78, 5) is 38.6. The van der Waals surface area contributed by atoms with Crippen LogP contribution in [-0.4, -0.2) is 31.3 Å². The summed E-state index contributed by atoms with van der Waals surface area (Å²) in [6.45, 7) is 2.60. The van der Waals surface area contributed by atoms with Crippen LogP contribution in [0.1, 0.15) is 29.3 Å². The van der Waals surface area contributed by atoms with Crippen molar-refractivity contribution >= 4 is 39.8 Å². The molecule has 0 bridgehead atoms. The van der Waals surface area contributed by atoms with E-state index in [2.05, 4.69) is 20.5 Å². The number of rotatable bonds is 9. The number of nitrogens with one attached hydrogen (secondary N) is 2. The second kappa shape index (κ2) is 9.67. The van der Waals surface area contributed by atoms with E-state index in [-0.39, 0.29) is 23.0 Å². The smallest absolute Gasteiger partial charge is 0.329 e. The van der Waals surface area contributed by atoms with Crippen LogP contribution in [0.25, 0.3) is 0 Å². The van der Waals surface area contributed by atoms with E-state index in [1.54, 1.807) is 12.1 Å². The second-order valence-corrected chi connectivity index (χ2v) is 8.44. The quantitative estimate of drug-likeness (QED) is 0.333. The maximum Gasteiger partial charge on any atom is 0.329 e. The molecule has 0 fully saturated rings. The first-order chi connectivity index (χ1) is 14.4. The van der Waals surface area contributed by atoms with Gasteiger partial charge in [0.25, 0.3) is 5.56 Å². The average molecular weight is 451 g/mol. The molecule has 3 rings (SSSR count). The van der Waals surface area contributed by atoms with E-state index in [1.165, 1.54) is 28.0 Å². The van der Waals surface area contributed by atoms with E-state index in [4.69, 9.17) is 5.73 Å². The molecule has 12 heteroatoms. The second-order valence-electron chi connectivity index (χ2n) is 6.24. The number of ketones is 1. The molecule has 2 heterocycles. The van der Waals surface area contributed by atoms with Crippen LogP contribution in [0.4, 0.5) is 15.3 Å². The minimum atomic E-state index is -0.797. The van der Waals surface area contributed by atoms with Crippen LogP contribution < -0.4 is 22.3 Å². The molecule has 2 aromatic heterocycles. The molecule has 4 N–H and O–H groups in total. The number of Topliss-reactive ketones (excluding diaryl/α,β-unsaturated/α-hetero) is 1. The van der Waals surface area contributed by atoms with E-state index < -0.39 is 17.0 Å². The van der Waals surface area contributed by atoms with Gasteiger partial charge in [-0.05, 0) is 24.1 Å². The highest BCUT2D eigenvalue weighted by atomic mass is 32.2. The van der Waals surface area contributed by atoms with Crippen LogP contribution in [0, 0.1) is 5.82 Å². The normalized spacial score (nSPS) is 10.9. The van der Waals surface area contributed by atoms with Gasteiger partial charge in [-0.2, -0.15) is 0 Å². The number of anilines is 2. The number of carbonyl (C=O) groups excluding carboxylic acids is 1. The SMILES string of the molecule is CCCn1c(N)c(C(=O)CSc2nnc(NCc3ccc(F)cc3)s2)c(=O)[nH]c1=O. The third kappa shape index (κ3) is 5.13. The topological polar surface area (TPSA) is 136 Å². The number of benzene rings is 1. The average Bonchev–Trinajstić information content (AvgIpc) is 3.17. The Labute approximate surface area is 178 Å². The van der Waals surface area contributed by atoms with E-state index in [0.29, 0.717) is 29.0 Å². The summed E-state index contributed by atoms with van der Waals surface area (Å²) in [5.41, 5.74) is 5.13. The molecule has 1 aromatic carbocycles. The summed E-state index contributed by atoms with van der Waals surface area (Å²) in [6, 6.07) is 6.08. The van der Waals surface area contributed by atoms with E-state index in [1.807, 2.05) is 6.92 Å². The third-order valence-corrected chi connectivity index (χ3v) is 6.07. The number of nitrogens with two attached hydrogens (primary N) is 1. The first-order valence-corrected chi connectivity index (χ1v) is 10.8. The largest absolute Gasteiger partial charge is 0.384 e. The number of nitrogens with zero attached hydrogens (tertiary/aromatic N) is 3. The minimum Gasteiger partial charge on any atom is -0.384 e. The molecular formula is C18H19FN6O3S2. The fourth-order valence-corrected chi connectivity index (χ4v) is 4.24. The Kier molecular flexibility index (Phi) is 7.00. The van der Waals surface area contributed by atoms with Crippen molar-refractivity contribution in [3.63, 3.8) is 0 Å². The van der Waals surface area contributed by atoms with Crippen molar-refractivity contribution in [2.75, 3.05) is 16.8 Å². The molecule has 0 amide bonds. The zero-order valence-electron chi connectivity index (χ0n) is 16.0. The van der Waals surface area contributed by atoms with Crippen molar-refractivity contribution in [3.8, 4) is 0 Å². The van der Waals surface area contributed by atoms with Gasteiger partial charge in [0, 0.05) is 13.1 Å². The Morgan fingerprint density at radius 3 is 2.73 bits per heavy atom. The van der Waals surface area contributed by atoms with E-state index in [9.17, 15) is 18.8 Å². The molecule has 0 unspecified atom stereocenters. The fraction of sp³-hybridized carbons (Fsp3) is 0.278. The lowest BCUT2D eigenvalue weighted by molar-refractivity contribution is 0.102. The first kappa shape index (κ1) is 21.7. The number of hydrogen-bond donors (Lipinski definition) is 3. The number of hydrogen-bond acceptors (Lipinski definition) is 9. The molecule has 0 atom stereocenters. The Bertz CT molecular complexity index is 1160. The Balaban J connectivity index is 1.63. The number of carbonyl (C=O) groups is 1. The molecule has 0 radical (unpaired) electrons. The molecular weight excluding hydrogens is 431 g/mol. The minimum absolute atomic E-state index is 0.0792. The van der Waals surface area contributed by atoms with Gasteiger partial charge in [-0.1, -0.05) is 42.2 Å². The van der Waals surface area contributed by atoms with Gasteiger partial charge in [-0.15, -0.1) is 10.2 Å². The maximum absolute atomic E-state index is 12.9. The lowest BCUT2D eigenvalue weighted by Crippen LogP contribution is -2.36. The van der Waals surface area contributed by atoms with Crippen molar-refractivity contribution < 1.29 is 9.18 Å². The molecule has 0 spiro atoms. The van der Waals surface area contributed by atoms with Crippen LogP contribution >= 0.6 is 23.1 Å². The Hall–Kier alpha value is -2.99. The lowest BCUT2D eigenvalue weighted by atomic mass is 10.2. The highest BCUT2D eigenvalue weighted by molar-refractivity contribution is 8.01. The third-order valence-electron chi connectivity index (χ3n) is 4.06. The van der Waals surface area contributed by atoms with Crippen LogP contribution in [0.3, 0.4) is 0 Å². The summed E-state index contributed by atoms with van der Waals surface area (Å²) >= 11 is 2.36. The number of aromatic nitrogens is 4. The van der Waals surface area contributed by atoms with Crippen molar-refractivity contribution in [2.45, 2.75) is 30.8 Å². The predicted octanol–water partition coefficient (Wildman–Crippen LogP) is 2.11. The van der Waals surface area contributed by atoms with Crippen molar-refractivity contribution in [1.82, 2.24) is 19.7 Å². The number of thioether (sulfide) groups is 1. The summed E-state index contributed by atoms with van der Waals surface area (Å²) in [5.74, 6) is -1.01. The lowest BCUT2D eigenvalue weighted by Gasteiger charge is -2.10. The van der Waals surface area contributed by atoms with Gasteiger partial charge in [0.15, 0.2) is 10.1 Å². The van der Waals surface area contributed by atoms with E-state index in [0.717, 1.165) is 17.3 Å². The molecule has 0 saturated heterocycles. The predicted molar refractivity (Wildman–Crippen MR) is 115 cm³/mol. The molecule has 9 nitrogen and oxygen atoms in total. The van der Waals surface area contributed by atoms with Gasteiger partial charge in [-0.3, -0.25) is 19.1 Å².